The van der Waals surface area contributed by atoms with Gasteiger partial charge in [-0.15, -0.1) is 0 Å². The molecule has 2 saturated carbocycles. The van der Waals surface area contributed by atoms with Crippen molar-refractivity contribution in [3.05, 3.63) is 24.3 Å². The second-order valence-corrected chi connectivity index (χ2v) is 16.9. The second kappa shape index (κ2) is 20.3. The van der Waals surface area contributed by atoms with E-state index in [0.29, 0.717) is 97.1 Å². The second-order valence-electron chi connectivity index (χ2n) is 16.9. The van der Waals surface area contributed by atoms with Gasteiger partial charge in [0.2, 0.25) is 0 Å². The molecule has 10 nitrogen and oxygen atoms in total. The Hall–Kier alpha value is -1.82. The third-order valence-electron chi connectivity index (χ3n) is 11.0. The van der Waals surface area contributed by atoms with Gasteiger partial charge in [0.25, 0.3) is 0 Å². The molecule has 2 N–H and O–H groups in total. The summed E-state index contributed by atoms with van der Waals surface area (Å²) in [5.41, 5.74) is 1.07. The van der Waals surface area contributed by atoms with Crippen LogP contribution in [0.15, 0.2) is 24.3 Å². The van der Waals surface area contributed by atoms with E-state index >= 15 is 0 Å². The normalized spacial score (nSPS) is 23.4. The molecule has 0 spiro atoms. The van der Waals surface area contributed by atoms with E-state index in [1.165, 1.54) is 12.8 Å². The van der Waals surface area contributed by atoms with Gasteiger partial charge in [0.15, 0.2) is 0 Å². The van der Waals surface area contributed by atoms with Crippen LogP contribution >= 0.6 is 0 Å². The van der Waals surface area contributed by atoms with Crippen molar-refractivity contribution in [2.24, 2.45) is 17.3 Å². The van der Waals surface area contributed by atoms with Crippen LogP contribution in [-0.4, -0.2) is 136 Å². The van der Waals surface area contributed by atoms with Crippen LogP contribution in [0.5, 0.6) is 0 Å². The fraction of sp³-hybridized carbons (Fsp3) is 0.846. The Morgan fingerprint density at radius 3 is 1.53 bits per heavy atom. The first-order chi connectivity index (χ1) is 22.8. The third-order valence-corrected chi connectivity index (χ3v) is 11.0. The number of aliphatic hydroxyl groups excluding tert-OH is 2. The van der Waals surface area contributed by atoms with E-state index in [-0.39, 0.29) is 23.5 Å². The van der Waals surface area contributed by atoms with Gasteiger partial charge in [0.05, 0.1) is 47.0 Å². The first-order valence-electron chi connectivity index (χ1n) is 18.7. The zero-order chi connectivity index (χ0) is 36.8. The number of ether oxygens (including phenoxy) is 4. The van der Waals surface area contributed by atoms with Gasteiger partial charge < -0.3 is 38.1 Å². The topological polar surface area (TPSA) is 112 Å². The van der Waals surface area contributed by atoms with Gasteiger partial charge in [0, 0.05) is 17.8 Å². The monoisotopic (exact) mass is 697 g/mol. The number of hydrogen-bond donors (Lipinski definition) is 2. The predicted molar refractivity (Wildman–Crippen MR) is 194 cm³/mol. The van der Waals surface area contributed by atoms with E-state index in [4.69, 9.17) is 18.9 Å². The van der Waals surface area contributed by atoms with E-state index in [9.17, 15) is 19.8 Å². The first-order valence-corrected chi connectivity index (χ1v) is 18.7. The van der Waals surface area contributed by atoms with Gasteiger partial charge in [-0.05, 0) is 95.3 Å². The van der Waals surface area contributed by atoms with Crippen LogP contribution in [0.1, 0.15) is 91.9 Å². The maximum Gasteiger partial charge on any atom is 0.333 e. The van der Waals surface area contributed by atoms with E-state index in [2.05, 4.69) is 27.0 Å². The van der Waals surface area contributed by atoms with Gasteiger partial charge in [-0.1, -0.05) is 27.0 Å². The van der Waals surface area contributed by atoms with Crippen molar-refractivity contribution in [1.29, 1.82) is 0 Å². The Labute approximate surface area is 298 Å². The van der Waals surface area contributed by atoms with Crippen LogP contribution in [0.25, 0.3) is 0 Å². The van der Waals surface area contributed by atoms with Gasteiger partial charge in [-0.2, -0.15) is 0 Å². The Balaban J connectivity index is 1.61. The molecule has 2 aliphatic rings. The molecule has 0 bridgehead atoms. The Morgan fingerprint density at radius 2 is 1.10 bits per heavy atom. The number of rotatable bonds is 22. The maximum absolute atomic E-state index is 11.6. The van der Waals surface area contributed by atoms with Gasteiger partial charge in [-0.25, -0.2) is 9.59 Å². The molecule has 0 heterocycles. The zero-order valence-electron chi connectivity index (χ0n) is 32.3. The average Bonchev–Trinajstić information content (AvgIpc) is 3.01. The lowest BCUT2D eigenvalue weighted by atomic mass is 9.60. The van der Waals surface area contributed by atoms with E-state index < -0.39 is 12.2 Å². The maximum atomic E-state index is 11.6. The number of carbonyl (C=O) groups excluding carboxylic acids is 2. The highest BCUT2D eigenvalue weighted by atomic mass is 16.5. The van der Waals surface area contributed by atoms with Crippen molar-refractivity contribution in [3.8, 4) is 0 Å². The highest BCUT2D eigenvalue weighted by molar-refractivity contribution is 5.87. The predicted octanol–water partition coefficient (Wildman–Crippen LogP) is 5.06. The van der Waals surface area contributed by atoms with E-state index in [1.54, 1.807) is 13.8 Å². The highest BCUT2D eigenvalue weighted by Crippen LogP contribution is 2.49. The lowest BCUT2D eigenvalue weighted by Crippen LogP contribution is -2.49. The van der Waals surface area contributed by atoms with Crippen molar-refractivity contribution >= 4 is 11.9 Å². The smallest absolute Gasteiger partial charge is 0.333 e. The molecule has 2 atom stereocenters. The van der Waals surface area contributed by atoms with Gasteiger partial charge in [0.1, 0.15) is 51.6 Å². The summed E-state index contributed by atoms with van der Waals surface area (Å²) in [7, 11) is 8.13. The van der Waals surface area contributed by atoms with Crippen molar-refractivity contribution in [2.75, 3.05) is 80.8 Å². The minimum Gasteiger partial charge on any atom is -0.456 e. The quantitative estimate of drug-likeness (QED) is 0.0700. The summed E-state index contributed by atoms with van der Waals surface area (Å²) < 4.78 is 24.0. The molecular weight excluding hydrogens is 624 g/mol. The molecule has 2 rings (SSSR count). The molecule has 0 aromatic heterocycles. The summed E-state index contributed by atoms with van der Waals surface area (Å²) in [6.07, 6.45) is 10.1. The van der Waals surface area contributed by atoms with Crippen LogP contribution in [0.4, 0.5) is 0 Å². The Kier molecular flexibility index (Phi) is 17.9. The Morgan fingerprint density at radius 1 is 0.694 bits per heavy atom. The number of aliphatic hydroxyl groups is 2. The van der Waals surface area contributed by atoms with Crippen molar-refractivity contribution in [1.82, 2.24) is 0 Å². The standard InChI is InChI=1S/C39H72N2O8/c1-29(2)37(44)47-24-21-40(7,8)26-33(42)12-11-23-46-35-17-13-31(14-18-35)39(5,6)32-15-19-36(20-16-32)49-28-34(43)27-41(9,10)22-25-48-38(45)30(3)4/h31-36,42-43H,1,3,11-28H2,2,4-10H3/q+2. The lowest BCUT2D eigenvalue weighted by molar-refractivity contribution is -0.893. The largest absolute Gasteiger partial charge is 0.456 e. The molecule has 0 aromatic carbocycles. The van der Waals surface area contributed by atoms with E-state index in [1.807, 2.05) is 28.2 Å². The van der Waals surface area contributed by atoms with Crippen LogP contribution in [0.3, 0.4) is 0 Å². The van der Waals surface area contributed by atoms with Crippen molar-refractivity contribution < 1.29 is 47.7 Å². The number of carbonyl (C=O) groups is 2. The lowest BCUT2D eigenvalue weighted by Gasteiger charge is -2.46. The summed E-state index contributed by atoms with van der Waals surface area (Å²) in [5, 5.41) is 21.3. The third kappa shape index (κ3) is 16.4. The van der Waals surface area contributed by atoms with Crippen LogP contribution in [0.2, 0.25) is 0 Å². The molecule has 0 saturated heterocycles. The number of esters is 2. The molecular formula is C39H72N2O8+2. The molecule has 0 aliphatic heterocycles. The molecule has 2 aliphatic carbocycles. The molecule has 0 amide bonds. The SMILES string of the molecule is C=C(C)C(=O)OCC[N+](C)(C)CC(O)CCCOC1CCC(C(C)(C)C2CCC(OCC(O)C[N+](C)(C)CCOC(=O)C(=C)C)CC2)CC1. The van der Waals surface area contributed by atoms with Crippen LogP contribution < -0.4 is 0 Å². The van der Waals surface area contributed by atoms with Gasteiger partial charge >= 0.3 is 11.9 Å². The summed E-state index contributed by atoms with van der Waals surface area (Å²) in [5.74, 6) is 0.633. The number of nitrogens with zero attached hydrogens (tertiary/aromatic N) is 2. The molecule has 284 valence electrons. The first kappa shape index (κ1) is 43.3. The molecule has 10 heteroatoms. The van der Waals surface area contributed by atoms with Crippen molar-refractivity contribution in [3.63, 3.8) is 0 Å². The summed E-state index contributed by atoms with van der Waals surface area (Å²) >= 11 is 0. The molecule has 49 heavy (non-hydrogen) atoms. The summed E-state index contributed by atoms with van der Waals surface area (Å²) in [6, 6.07) is 0. The summed E-state index contributed by atoms with van der Waals surface area (Å²) in [4.78, 5) is 23.2. The summed E-state index contributed by atoms with van der Waals surface area (Å²) in [6.45, 7) is 19.5. The molecule has 2 unspecified atom stereocenters. The Bertz CT molecular complexity index is 1040. The van der Waals surface area contributed by atoms with E-state index in [0.717, 1.165) is 44.9 Å². The highest BCUT2D eigenvalue weighted by Gasteiger charge is 2.41. The fourth-order valence-electron chi connectivity index (χ4n) is 7.58. The fourth-order valence-corrected chi connectivity index (χ4v) is 7.58. The van der Waals surface area contributed by atoms with Crippen LogP contribution in [-0.2, 0) is 28.5 Å². The number of quaternary nitrogens is 2. The van der Waals surface area contributed by atoms with Crippen molar-refractivity contribution in [2.45, 2.75) is 116 Å². The molecule has 0 radical (unpaired) electrons. The average molecular weight is 697 g/mol. The minimum atomic E-state index is -0.564. The molecule has 0 aromatic rings. The molecule has 2 fully saturated rings. The minimum absolute atomic E-state index is 0.202. The van der Waals surface area contributed by atoms with Crippen LogP contribution in [0, 0.1) is 17.3 Å². The zero-order valence-corrected chi connectivity index (χ0v) is 32.3. The number of hydrogen-bond acceptors (Lipinski definition) is 8. The number of likely N-dealkylation sites (N-methyl/N-ethyl adjacent to an activating group) is 2. The van der Waals surface area contributed by atoms with Gasteiger partial charge in [-0.3, -0.25) is 0 Å².